The van der Waals surface area contributed by atoms with E-state index in [2.05, 4.69) is 10.3 Å². The van der Waals surface area contributed by atoms with E-state index in [1.54, 1.807) is 23.6 Å². The third-order valence-electron chi connectivity index (χ3n) is 4.58. The molecule has 1 N–H and O–H groups in total. The van der Waals surface area contributed by atoms with E-state index >= 15 is 0 Å². The summed E-state index contributed by atoms with van der Waals surface area (Å²) in [5.41, 5.74) is 0.538. The number of carbonyl (C=O) groups is 3. The number of nitrogens with one attached hydrogen (secondary N) is 1. The van der Waals surface area contributed by atoms with Gasteiger partial charge in [0.05, 0.1) is 18.2 Å². The van der Waals surface area contributed by atoms with E-state index in [4.69, 9.17) is 4.74 Å². The first-order valence-corrected chi connectivity index (χ1v) is 10.2. The maximum atomic E-state index is 12.6. The summed E-state index contributed by atoms with van der Waals surface area (Å²) in [5.74, 6) is -0.883. The van der Waals surface area contributed by atoms with Crippen molar-refractivity contribution in [3.05, 3.63) is 10.6 Å². The fourth-order valence-electron chi connectivity index (χ4n) is 3.10. The van der Waals surface area contributed by atoms with Crippen LogP contribution in [-0.2, 0) is 9.53 Å². The lowest BCUT2D eigenvalue weighted by molar-refractivity contribution is -0.121. The molecule has 1 atom stereocenters. The number of carbonyl (C=O) groups excluding carboxylic acids is 3. The highest BCUT2D eigenvalue weighted by Crippen LogP contribution is 2.25. The topological polar surface area (TPSA) is 91.8 Å². The Morgan fingerprint density at radius 2 is 2.00 bits per heavy atom. The van der Waals surface area contributed by atoms with Gasteiger partial charge in [0.2, 0.25) is 5.91 Å². The Bertz CT molecular complexity index is 687. The highest BCUT2D eigenvalue weighted by Gasteiger charge is 2.30. The maximum Gasteiger partial charge on any atom is 0.350 e. The van der Waals surface area contributed by atoms with Gasteiger partial charge >= 0.3 is 12.0 Å². The smallest absolute Gasteiger partial charge is 0.350 e. The summed E-state index contributed by atoms with van der Waals surface area (Å²) in [7, 11) is 0. The summed E-state index contributed by atoms with van der Waals surface area (Å²) in [4.78, 5) is 45.2. The minimum atomic E-state index is -0.429. The third kappa shape index (κ3) is 5.18. The van der Waals surface area contributed by atoms with E-state index in [9.17, 15) is 14.4 Å². The average molecular weight is 397 g/mol. The molecule has 0 aromatic carbocycles. The number of thiazole rings is 1. The molecular weight excluding hydrogens is 368 g/mol. The van der Waals surface area contributed by atoms with Crippen molar-refractivity contribution in [1.29, 1.82) is 0 Å². The zero-order valence-electron chi connectivity index (χ0n) is 16.4. The molecule has 1 aliphatic heterocycles. The molecule has 0 spiro atoms. The first-order chi connectivity index (χ1) is 12.9. The van der Waals surface area contributed by atoms with Crippen LogP contribution >= 0.6 is 11.3 Å². The van der Waals surface area contributed by atoms with Crippen LogP contribution in [0.1, 0.15) is 49.0 Å². The van der Waals surface area contributed by atoms with Crippen LogP contribution in [0, 0.1) is 12.8 Å². The second-order valence-corrected chi connectivity index (χ2v) is 7.38. The second-order valence-electron chi connectivity index (χ2n) is 6.38. The van der Waals surface area contributed by atoms with Crippen LogP contribution in [-0.4, -0.2) is 65.5 Å². The molecule has 0 radical (unpaired) electrons. The summed E-state index contributed by atoms with van der Waals surface area (Å²) in [6.07, 6.45) is 1.51. The van der Waals surface area contributed by atoms with Crippen molar-refractivity contribution in [2.75, 3.05) is 38.1 Å². The van der Waals surface area contributed by atoms with E-state index in [1.165, 1.54) is 0 Å². The number of likely N-dealkylation sites (tertiary alicyclic amines) is 1. The van der Waals surface area contributed by atoms with Crippen LogP contribution in [0.25, 0.3) is 0 Å². The van der Waals surface area contributed by atoms with Crippen molar-refractivity contribution >= 4 is 34.4 Å². The lowest BCUT2D eigenvalue weighted by Gasteiger charge is -2.35. The van der Waals surface area contributed by atoms with Gasteiger partial charge in [-0.2, -0.15) is 0 Å². The van der Waals surface area contributed by atoms with E-state index in [-0.39, 0.29) is 24.5 Å². The van der Waals surface area contributed by atoms with Gasteiger partial charge < -0.3 is 19.9 Å². The zero-order valence-corrected chi connectivity index (χ0v) is 17.2. The normalized spacial score (nSPS) is 16.7. The van der Waals surface area contributed by atoms with E-state index in [1.807, 2.05) is 13.8 Å². The van der Waals surface area contributed by atoms with Crippen LogP contribution in [0.15, 0.2) is 0 Å². The molecule has 8 nitrogen and oxygen atoms in total. The van der Waals surface area contributed by atoms with Crippen molar-refractivity contribution in [3.8, 4) is 0 Å². The molecule has 0 aliphatic carbocycles. The van der Waals surface area contributed by atoms with Crippen molar-refractivity contribution in [2.24, 2.45) is 5.92 Å². The first kappa shape index (κ1) is 21.1. The van der Waals surface area contributed by atoms with Gasteiger partial charge in [-0.3, -0.25) is 4.79 Å². The molecule has 0 bridgehead atoms. The fourth-order valence-corrected chi connectivity index (χ4v) is 3.97. The first-order valence-electron chi connectivity index (χ1n) is 9.40. The van der Waals surface area contributed by atoms with Gasteiger partial charge in [-0.05, 0) is 40.5 Å². The molecule has 150 valence electrons. The second kappa shape index (κ2) is 9.68. The Labute approximate surface area is 163 Å². The molecule has 1 saturated heterocycles. The molecule has 2 rings (SSSR count). The number of anilines is 1. The number of esters is 1. The summed E-state index contributed by atoms with van der Waals surface area (Å²) in [6.45, 7) is 10.0. The van der Waals surface area contributed by atoms with Crippen LogP contribution in [0.4, 0.5) is 9.93 Å². The number of ether oxygens (including phenoxy) is 1. The van der Waals surface area contributed by atoms with Crippen molar-refractivity contribution in [2.45, 2.75) is 40.5 Å². The predicted molar refractivity (Wildman–Crippen MR) is 104 cm³/mol. The van der Waals surface area contributed by atoms with Gasteiger partial charge in [-0.25, -0.2) is 14.6 Å². The Hall–Kier alpha value is -2.16. The standard InChI is InChI=1S/C18H28N4O4S/c1-5-21(6-2)18(25)22-10-8-9-13(11-22)15(23)20-17-19-12(4)14(27-17)16(24)26-7-3/h13H,5-11H2,1-4H3,(H,19,20,23)/t13-/m0/s1. The monoisotopic (exact) mass is 396 g/mol. The molecule has 1 fully saturated rings. The predicted octanol–water partition coefficient (Wildman–Crippen LogP) is 2.74. The van der Waals surface area contributed by atoms with Crippen molar-refractivity contribution in [3.63, 3.8) is 0 Å². The highest BCUT2D eigenvalue weighted by atomic mass is 32.1. The number of urea groups is 1. The molecule has 0 unspecified atom stereocenters. The maximum absolute atomic E-state index is 12.6. The van der Waals surface area contributed by atoms with Crippen LogP contribution < -0.4 is 5.32 Å². The zero-order chi connectivity index (χ0) is 20.0. The summed E-state index contributed by atoms with van der Waals surface area (Å²) >= 11 is 1.11. The number of aryl methyl sites for hydroxylation is 1. The van der Waals surface area contributed by atoms with Gasteiger partial charge in [-0.1, -0.05) is 11.3 Å². The highest BCUT2D eigenvalue weighted by molar-refractivity contribution is 7.17. The van der Waals surface area contributed by atoms with Crippen LogP contribution in [0.2, 0.25) is 0 Å². The van der Waals surface area contributed by atoms with Gasteiger partial charge in [0, 0.05) is 26.2 Å². The van der Waals surface area contributed by atoms with Crippen LogP contribution in [0.5, 0.6) is 0 Å². The van der Waals surface area contributed by atoms with Gasteiger partial charge in [0.15, 0.2) is 5.13 Å². The van der Waals surface area contributed by atoms with Crippen LogP contribution in [0.3, 0.4) is 0 Å². The minimum Gasteiger partial charge on any atom is -0.462 e. The number of amides is 3. The molecule has 0 saturated carbocycles. The molecule has 1 aromatic rings. The summed E-state index contributed by atoms with van der Waals surface area (Å²) < 4.78 is 5.00. The summed E-state index contributed by atoms with van der Waals surface area (Å²) in [6, 6.07) is -0.0211. The molecule has 27 heavy (non-hydrogen) atoms. The number of hydrogen-bond donors (Lipinski definition) is 1. The SMILES string of the molecule is CCOC(=O)c1sc(NC(=O)[C@H]2CCCN(C(=O)N(CC)CC)C2)nc1C. The largest absolute Gasteiger partial charge is 0.462 e. The Balaban J connectivity index is 2.00. The Morgan fingerprint density at radius 3 is 2.63 bits per heavy atom. The third-order valence-corrected chi connectivity index (χ3v) is 5.64. The molecule has 2 heterocycles. The molecule has 1 aromatic heterocycles. The number of hydrogen-bond acceptors (Lipinski definition) is 6. The fraction of sp³-hybridized carbons (Fsp3) is 0.667. The molecular formula is C18H28N4O4S. The Morgan fingerprint density at radius 1 is 1.30 bits per heavy atom. The molecule has 1 aliphatic rings. The number of rotatable bonds is 6. The lowest BCUT2D eigenvalue weighted by Crippen LogP contribution is -2.49. The average Bonchev–Trinajstić information content (AvgIpc) is 3.03. The van der Waals surface area contributed by atoms with E-state index in [0.717, 1.165) is 24.2 Å². The van der Waals surface area contributed by atoms with Gasteiger partial charge in [0.25, 0.3) is 0 Å². The van der Waals surface area contributed by atoms with Gasteiger partial charge in [0.1, 0.15) is 4.88 Å². The lowest BCUT2D eigenvalue weighted by atomic mass is 9.97. The van der Waals surface area contributed by atoms with E-state index < -0.39 is 5.97 Å². The quantitative estimate of drug-likeness (QED) is 0.747. The Kier molecular flexibility index (Phi) is 7.58. The van der Waals surface area contributed by atoms with Gasteiger partial charge in [-0.15, -0.1) is 0 Å². The number of piperidine rings is 1. The van der Waals surface area contributed by atoms with E-state index in [0.29, 0.717) is 41.9 Å². The molecule has 3 amide bonds. The number of nitrogens with zero attached hydrogens (tertiary/aromatic N) is 3. The summed E-state index contributed by atoms with van der Waals surface area (Å²) in [5, 5.41) is 3.18. The molecule has 9 heteroatoms. The minimum absolute atomic E-state index is 0.0211. The van der Waals surface area contributed by atoms with Crippen molar-refractivity contribution < 1.29 is 19.1 Å². The van der Waals surface area contributed by atoms with Crippen molar-refractivity contribution in [1.82, 2.24) is 14.8 Å². The number of aromatic nitrogens is 1.